The number of halogens is 2. The molecule has 2 aliphatic rings. The molecule has 0 aromatic carbocycles. The van der Waals surface area contributed by atoms with Crippen LogP contribution >= 0.6 is 24.8 Å². The maximum absolute atomic E-state index is 12.3. The Morgan fingerprint density at radius 2 is 2.14 bits per heavy atom. The molecule has 0 bridgehead atoms. The van der Waals surface area contributed by atoms with Crippen LogP contribution in [0.25, 0.3) is 0 Å². The van der Waals surface area contributed by atoms with Crippen molar-refractivity contribution in [2.24, 2.45) is 11.3 Å². The maximum atomic E-state index is 12.3. The van der Waals surface area contributed by atoms with Gasteiger partial charge in [-0.3, -0.25) is 9.78 Å². The van der Waals surface area contributed by atoms with Crippen LogP contribution in [-0.4, -0.2) is 24.0 Å². The zero-order chi connectivity index (χ0) is 13.3. The first kappa shape index (κ1) is 18.2. The van der Waals surface area contributed by atoms with Crippen molar-refractivity contribution in [3.05, 3.63) is 30.1 Å². The molecular weight excluding hydrogens is 309 g/mol. The number of nitrogens with zero attached hydrogens (tertiary/aromatic N) is 1. The monoisotopic (exact) mass is 331 g/mol. The van der Waals surface area contributed by atoms with E-state index in [-0.39, 0.29) is 42.7 Å². The van der Waals surface area contributed by atoms with Crippen molar-refractivity contribution in [3.8, 4) is 0 Å². The van der Waals surface area contributed by atoms with E-state index in [4.69, 9.17) is 0 Å². The third-order valence-electron chi connectivity index (χ3n) is 4.65. The summed E-state index contributed by atoms with van der Waals surface area (Å²) in [6.07, 6.45) is 6.93. The first-order chi connectivity index (χ1) is 9.21. The topological polar surface area (TPSA) is 54.0 Å². The molecule has 1 amide bonds. The van der Waals surface area contributed by atoms with Gasteiger partial charge in [-0.15, -0.1) is 24.8 Å². The Kier molecular flexibility index (Phi) is 6.44. The molecule has 1 unspecified atom stereocenters. The molecule has 0 radical (unpaired) electrons. The van der Waals surface area contributed by atoms with Crippen LogP contribution < -0.4 is 10.6 Å². The minimum Gasteiger partial charge on any atom is -0.349 e. The Hall–Kier alpha value is -0.840. The fraction of sp³-hybridized carbons (Fsp3) is 0.600. The van der Waals surface area contributed by atoms with Gasteiger partial charge in [-0.1, -0.05) is 6.07 Å². The van der Waals surface area contributed by atoms with Crippen molar-refractivity contribution in [2.45, 2.75) is 32.2 Å². The number of nitrogens with one attached hydrogen (secondary N) is 2. The highest BCUT2D eigenvalue weighted by molar-refractivity contribution is 5.85. The molecule has 1 aliphatic heterocycles. The summed E-state index contributed by atoms with van der Waals surface area (Å²) in [5, 5.41) is 6.50. The van der Waals surface area contributed by atoms with Crippen molar-refractivity contribution < 1.29 is 4.79 Å². The summed E-state index contributed by atoms with van der Waals surface area (Å²) in [6.45, 7) is 4.14. The van der Waals surface area contributed by atoms with Gasteiger partial charge in [0.25, 0.3) is 0 Å². The van der Waals surface area contributed by atoms with Crippen LogP contribution in [0.4, 0.5) is 0 Å². The van der Waals surface area contributed by atoms with Gasteiger partial charge in [0.1, 0.15) is 0 Å². The first-order valence-corrected chi connectivity index (χ1v) is 7.12. The number of rotatable bonds is 3. The molecule has 21 heavy (non-hydrogen) atoms. The number of amides is 1. The number of carbonyl (C=O) groups is 1. The van der Waals surface area contributed by atoms with E-state index in [1.54, 1.807) is 6.20 Å². The minimum atomic E-state index is 0. The molecule has 1 saturated heterocycles. The van der Waals surface area contributed by atoms with E-state index in [9.17, 15) is 4.79 Å². The van der Waals surface area contributed by atoms with E-state index in [0.29, 0.717) is 5.41 Å². The fourth-order valence-corrected chi connectivity index (χ4v) is 3.23. The van der Waals surface area contributed by atoms with E-state index < -0.39 is 0 Å². The summed E-state index contributed by atoms with van der Waals surface area (Å²) in [6, 6.07) is 3.95. The quantitative estimate of drug-likeness (QED) is 0.894. The lowest BCUT2D eigenvalue weighted by molar-refractivity contribution is -0.123. The van der Waals surface area contributed by atoms with Gasteiger partial charge in [-0.05, 0) is 56.3 Å². The third-order valence-corrected chi connectivity index (χ3v) is 4.65. The molecule has 1 aliphatic carbocycles. The van der Waals surface area contributed by atoms with Gasteiger partial charge in [0.05, 0.1) is 6.04 Å². The summed E-state index contributed by atoms with van der Waals surface area (Å²) in [5.74, 6) is 0.451. The summed E-state index contributed by atoms with van der Waals surface area (Å²) in [5.41, 5.74) is 1.38. The number of aromatic nitrogens is 1. The van der Waals surface area contributed by atoms with Gasteiger partial charge in [-0.2, -0.15) is 0 Å². The molecule has 118 valence electrons. The summed E-state index contributed by atoms with van der Waals surface area (Å²) < 4.78 is 0. The lowest BCUT2D eigenvalue weighted by Gasteiger charge is -2.23. The van der Waals surface area contributed by atoms with Crippen molar-refractivity contribution in [3.63, 3.8) is 0 Å². The van der Waals surface area contributed by atoms with E-state index in [1.165, 1.54) is 0 Å². The molecule has 1 aromatic rings. The molecule has 2 N–H and O–H groups in total. The number of piperidine rings is 1. The average Bonchev–Trinajstić information content (AvgIpc) is 3.14. The largest absolute Gasteiger partial charge is 0.349 e. The van der Waals surface area contributed by atoms with Gasteiger partial charge >= 0.3 is 0 Å². The molecular formula is C15H23Cl2N3O. The standard InChI is InChI=1S/C15H21N3O.2ClH/c1-11(12-3-2-6-17-10-12)18-14(19)13-9-15(13)4-7-16-8-5-15;;/h2-3,6,10-11,13,16H,4-5,7-9H2,1H3,(H,18,19);2*1H/t11-,13?;;/m0../s1. The molecule has 3 rings (SSSR count). The van der Waals surface area contributed by atoms with E-state index >= 15 is 0 Å². The highest BCUT2D eigenvalue weighted by atomic mass is 35.5. The van der Waals surface area contributed by atoms with Crippen LogP contribution in [0.15, 0.2) is 24.5 Å². The van der Waals surface area contributed by atoms with Gasteiger partial charge in [0.15, 0.2) is 0 Å². The molecule has 2 atom stereocenters. The fourth-order valence-electron chi connectivity index (χ4n) is 3.23. The Bertz CT molecular complexity index is 463. The highest BCUT2D eigenvalue weighted by Gasteiger charge is 2.57. The second-order valence-corrected chi connectivity index (χ2v) is 5.89. The van der Waals surface area contributed by atoms with Crippen molar-refractivity contribution in [1.29, 1.82) is 0 Å². The van der Waals surface area contributed by atoms with Crippen molar-refractivity contribution >= 4 is 30.7 Å². The maximum Gasteiger partial charge on any atom is 0.224 e. The molecule has 2 fully saturated rings. The van der Waals surface area contributed by atoms with Crippen LogP contribution in [0.5, 0.6) is 0 Å². The SMILES string of the molecule is C[C@H](NC(=O)C1CC12CCNCC2)c1cccnc1.Cl.Cl. The van der Waals surface area contributed by atoms with Crippen LogP contribution in [0.3, 0.4) is 0 Å². The second-order valence-electron chi connectivity index (χ2n) is 5.89. The predicted molar refractivity (Wildman–Crippen MR) is 87.9 cm³/mol. The van der Waals surface area contributed by atoms with Crippen LogP contribution in [0.1, 0.15) is 37.8 Å². The van der Waals surface area contributed by atoms with Crippen LogP contribution in [-0.2, 0) is 4.79 Å². The molecule has 4 nitrogen and oxygen atoms in total. The van der Waals surface area contributed by atoms with Crippen LogP contribution in [0, 0.1) is 11.3 Å². The summed E-state index contributed by atoms with van der Waals surface area (Å²) in [7, 11) is 0. The highest BCUT2D eigenvalue weighted by Crippen LogP contribution is 2.58. The van der Waals surface area contributed by atoms with E-state index in [0.717, 1.165) is 37.9 Å². The van der Waals surface area contributed by atoms with Gasteiger partial charge in [0, 0.05) is 18.3 Å². The van der Waals surface area contributed by atoms with Gasteiger partial charge in [0.2, 0.25) is 5.91 Å². The average molecular weight is 332 g/mol. The van der Waals surface area contributed by atoms with Crippen molar-refractivity contribution in [2.75, 3.05) is 13.1 Å². The Labute approximate surface area is 138 Å². The van der Waals surface area contributed by atoms with Crippen LogP contribution in [0.2, 0.25) is 0 Å². The number of hydrogen-bond donors (Lipinski definition) is 2. The van der Waals surface area contributed by atoms with E-state index in [2.05, 4.69) is 15.6 Å². The minimum absolute atomic E-state index is 0. The smallest absolute Gasteiger partial charge is 0.224 e. The number of pyridine rings is 1. The zero-order valence-corrected chi connectivity index (χ0v) is 13.8. The Morgan fingerprint density at radius 1 is 1.43 bits per heavy atom. The van der Waals surface area contributed by atoms with Crippen molar-refractivity contribution in [1.82, 2.24) is 15.6 Å². The summed E-state index contributed by atoms with van der Waals surface area (Å²) in [4.78, 5) is 16.4. The third kappa shape index (κ3) is 3.87. The lowest BCUT2D eigenvalue weighted by atomic mass is 9.91. The molecule has 1 spiro atoms. The van der Waals surface area contributed by atoms with Gasteiger partial charge in [-0.25, -0.2) is 0 Å². The Morgan fingerprint density at radius 3 is 2.76 bits per heavy atom. The Balaban J connectivity index is 0.00000110. The lowest BCUT2D eigenvalue weighted by Crippen LogP contribution is -2.34. The van der Waals surface area contributed by atoms with Gasteiger partial charge < -0.3 is 10.6 Å². The first-order valence-electron chi connectivity index (χ1n) is 7.12. The normalized spacial score (nSPS) is 23.4. The molecule has 1 saturated carbocycles. The molecule has 2 heterocycles. The summed E-state index contributed by atoms with van der Waals surface area (Å²) >= 11 is 0. The van der Waals surface area contributed by atoms with E-state index in [1.807, 2.05) is 25.3 Å². The second kappa shape index (κ2) is 7.43. The number of carbonyl (C=O) groups excluding carboxylic acids is 1. The zero-order valence-electron chi connectivity index (χ0n) is 12.2. The number of hydrogen-bond acceptors (Lipinski definition) is 3. The predicted octanol–water partition coefficient (Wildman–Crippen LogP) is 2.49. The molecule has 6 heteroatoms. The molecule has 1 aromatic heterocycles.